The molecule has 1 aliphatic rings. The Bertz CT molecular complexity index is 320. The molecule has 0 radical (unpaired) electrons. The van der Waals surface area contributed by atoms with Crippen LogP contribution in [0.15, 0.2) is 18.2 Å². The third-order valence-corrected chi connectivity index (χ3v) is 1.97. The number of rotatable bonds is 4. The first kappa shape index (κ1) is 11.9. The van der Waals surface area contributed by atoms with Gasteiger partial charge in [0.2, 0.25) is 12.5 Å². The van der Waals surface area contributed by atoms with Gasteiger partial charge in [-0.1, -0.05) is 6.07 Å². The van der Waals surface area contributed by atoms with Gasteiger partial charge >= 0.3 is 0 Å². The molecular formula is C10H14ClNO3. The van der Waals surface area contributed by atoms with Crippen LogP contribution in [0.2, 0.25) is 0 Å². The lowest BCUT2D eigenvalue weighted by molar-refractivity contribution is 0.169. The van der Waals surface area contributed by atoms with E-state index in [0.29, 0.717) is 18.9 Å². The van der Waals surface area contributed by atoms with E-state index in [4.69, 9.17) is 19.9 Å². The van der Waals surface area contributed by atoms with Crippen LogP contribution in [0.5, 0.6) is 17.2 Å². The highest BCUT2D eigenvalue weighted by atomic mass is 35.5. The average molecular weight is 232 g/mol. The van der Waals surface area contributed by atoms with Gasteiger partial charge in [-0.2, -0.15) is 0 Å². The molecule has 0 aliphatic carbocycles. The molecule has 1 aliphatic heterocycles. The van der Waals surface area contributed by atoms with E-state index in [1.807, 2.05) is 18.2 Å². The molecule has 0 bridgehead atoms. The summed E-state index contributed by atoms with van der Waals surface area (Å²) in [5, 5.41) is 0. The fraction of sp³-hybridized carbons (Fsp3) is 0.400. The fourth-order valence-electron chi connectivity index (χ4n) is 1.28. The molecule has 0 fully saturated rings. The van der Waals surface area contributed by atoms with Crippen molar-refractivity contribution in [3.8, 4) is 17.2 Å². The monoisotopic (exact) mass is 231 g/mol. The molecule has 0 atom stereocenters. The summed E-state index contributed by atoms with van der Waals surface area (Å²) in [5.74, 6) is 2.17. The molecule has 0 amide bonds. The van der Waals surface area contributed by atoms with Gasteiger partial charge in [-0.25, -0.2) is 0 Å². The zero-order valence-corrected chi connectivity index (χ0v) is 9.09. The number of hydrogen-bond acceptors (Lipinski definition) is 4. The van der Waals surface area contributed by atoms with Crippen molar-refractivity contribution in [2.75, 3.05) is 19.9 Å². The highest BCUT2D eigenvalue weighted by Gasteiger charge is 2.17. The normalized spacial score (nSPS) is 12.1. The molecule has 0 saturated carbocycles. The predicted molar refractivity (Wildman–Crippen MR) is 59.0 cm³/mol. The van der Waals surface area contributed by atoms with Crippen molar-refractivity contribution >= 4 is 12.4 Å². The van der Waals surface area contributed by atoms with Crippen LogP contribution in [0.25, 0.3) is 0 Å². The Hall–Kier alpha value is -1.13. The van der Waals surface area contributed by atoms with Crippen LogP contribution in [0, 0.1) is 0 Å². The van der Waals surface area contributed by atoms with Crippen molar-refractivity contribution in [2.24, 2.45) is 5.73 Å². The highest BCUT2D eigenvalue weighted by Crippen LogP contribution is 2.40. The SMILES string of the molecule is Cl.NCCCOc1cccc2c1OCO2. The van der Waals surface area contributed by atoms with E-state index in [9.17, 15) is 0 Å². The lowest BCUT2D eigenvalue weighted by atomic mass is 10.3. The third kappa shape index (κ3) is 2.67. The van der Waals surface area contributed by atoms with Gasteiger partial charge in [0.1, 0.15) is 0 Å². The standard InChI is InChI=1S/C10H13NO3.ClH/c11-5-2-6-12-8-3-1-4-9-10(8)14-7-13-9;/h1,3-4H,2,5-7,11H2;1H. The minimum Gasteiger partial charge on any atom is -0.489 e. The Balaban J connectivity index is 0.00000112. The first-order valence-electron chi connectivity index (χ1n) is 4.63. The topological polar surface area (TPSA) is 53.7 Å². The molecule has 0 saturated heterocycles. The quantitative estimate of drug-likeness (QED) is 0.800. The maximum atomic E-state index is 5.50. The lowest BCUT2D eigenvalue weighted by Crippen LogP contribution is -2.06. The van der Waals surface area contributed by atoms with Crippen molar-refractivity contribution in [1.82, 2.24) is 0 Å². The molecule has 1 heterocycles. The van der Waals surface area contributed by atoms with E-state index in [1.165, 1.54) is 0 Å². The molecule has 5 heteroatoms. The molecule has 2 rings (SSSR count). The molecule has 0 unspecified atom stereocenters. The second kappa shape index (κ2) is 5.68. The van der Waals surface area contributed by atoms with Gasteiger partial charge in [0.25, 0.3) is 0 Å². The summed E-state index contributed by atoms with van der Waals surface area (Å²) >= 11 is 0. The Kier molecular flexibility index (Phi) is 4.52. The van der Waals surface area contributed by atoms with Crippen LogP contribution < -0.4 is 19.9 Å². The van der Waals surface area contributed by atoms with Gasteiger partial charge in [-0.15, -0.1) is 12.4 Å². The summed E-state index contributed by atoms with van der Waals surface area (Å²) in [6.45, 7) is 1.51. The van der Waals surface area contributed by atoms with Crippen LogP contribution in [0.1, 0.15) is 6.42 Å². The first-order valence-corrected chi connectivity index (χ1v) is 4.63. The summed E-state index contributed by atoms with van der Waals surface area (Å²) < 4.78 is 16.0. The first-order chi connectivity index (χ1) is 6.92. The van der Waals surface area contributed by atoms with Crippen molar-refractivity contribution < 1.29 is 14.2 Å². The fourth-order valence-corrected chi connectivity index (χ4v) is 1.28. The minimum absolute atomic E-state index is 0. The molecule has 1 aromatic carbocycles. The molecule has 0 aromatic heterocycles. The van der Waals surface area contributed by atoms with Gasteiger partial charge in [-0.05, 0) is 25.1 Å². The largest absolute Gasteiger partial charge is 0.489 e. The van der Waals surface area contributed by atoms with Gasteiger partial charge in [0.15, 0.2) is 11.5 Å². The van der Waals surface area contributed by atoms with Crippen LogP contribution >= 0.6 is 12.4 Å². The van der Waals surface area contributed by atoms with Crippen LogP contribution in [-0.4, -0.2) is 19.9 Å². The Morgan fingerprint density at radius 1 is 1.33 bits per heavy atom. The molecule has 4 nitrogen and oxygen atoms in total. The molecule has 0 spiro atoms. The van der Waals surface area contributed by atoms with E-state index < -0.39 is 0 Å². The summed E-state index contributed by atoms with van der Waals surface area (Å²) in [6, 6.07) is 5.60. The van der Waals surface area contributed by atoms with Gasteiger partial charge in [0, 0.05) is 0 Å². The van der Waals surface area contributed by atoms with E-state index in [1.54, 1.807) is 0 Å². The molecule has 15 heavy (non-hydrogen) atoms. The molecule has 84 valence electrons. The van der Waals surface area contributed by atoms with Crippen LogP contribution in [0.3, 0.4) is 0 Å². The summed E-state index contributed by atoms with van der Waals surface area (Å²) in [5.41, 5.74) is 5.37. The van der Waals surface area contributed by atoms with Crippen molar-refractivity contribution in [1.29, 1.82) is 0 Å². The van der Waals surface area contributed by atoms with E-state index in [2.05, 4.69) is 0 Å². The van der Waals surface area contributed by atoms with Gasteiger partial charge in [-0.3, -0.25) is 0 Å². The van der Waals surface area contributed by atoms with Crippen LogP contribution in [0.4, 0.5) is 0 Å². The van der Waals surface area contributed by atoms with E-state index >= 15 is 0 Å². The number of benzene rings is 1. The summed E-state index contributed by atoms with van der Waals surface area (Å²) in [7, 11) is 0. The lowest BCUT2D eigenvalue weighted by Gasteiger charge is -2.07. The second-order valence-electron chi connectivity index (χ2n) is 2.98. The Labute approximate surface area is 94.7 Å². The van der Waals surface area contributed by atoms with Crippen molar-refractivity contribution in [2.45, 2.75) is 6.42 Å². The Morgan fingerprint density at radius 3 is 3.00 bits per heavy atom. The van der Waals surface area contributed by atoms with Gasteiger partial charge in [0.05, 0.1) is 6.61 Å². The maximum absolute atomic E-state index is 5.50. The molecule has 2 N–H and O–H groups in total. The number of ether oxygens (including phenoxy) is 3. The van der Waals surface area contributed by atoms with Gasteiger partial charge < -0.3 is 19.9 Å². The number of nitrogens with two attached hydrogens (primary N) is 1. The summed E-state index contributed by atoms with van der Waals surface area (Å²) in [4.78, 5) is 0. The molecule has 1 aromatic rings. The van der Waals surface area contributed by atoms with Crippen molar-refractivity contribution in [3.63, 3.8) is 0 Å². The highest BCUT2D eigenvalue weighted by molar-refractivity contribution is 5.85. The van der Waals surface area contributed by atoms with E-state index in [0.717, 1.165) is 17.9 Å². The van der Waals surface area contributed by atoms with Crippen LogP contribution in [-0.2, 0) is 0 Å². The average Bonchev–Trinajstić information content (AvgIpc) is 2.67. The Morgan fingerprint density at radius 2 is 2.20 bits per heavy atom. The zero-order valence-electron chi connectivity index (χ0n) is 8.27. The number of para-hydroxylation sites is 1. The van der Waals surface area contributed by atoms with E-state index in [-0.39, 0.29) is 19.2 Å². The maximum Gasteiger partial charge on any atom is 0.231 e. The number of fused-ring (bicyclic) bond motifs is 1. The van der Waals surface area contributed by atoms with Crippen molar-refractivity contribution in [3.05, 3.63) is 18.2 Å². The second-order valence-corrected chi connectivity index (χ2v) is 2.98. The predicted octanol–water partition coefficient (Wildman–Crippen LogP) is 1.56. The minimum atomic E-state index is 0. The summed E-state index contributed by atoms with van der Waals surface area (Å²) in [6.07, 6.45) is 0.838. The smallest absolute Gasteiger partial charge is 0.231 e. The molecular weight excluding hydrogens is 218 g/mol. The number of halogens is 1. The zero-order chi connectivity index (χ0) is 9.80. The third-order valence-electron chi connectivity index (χ3n) is 1.97. The number of hydrogen-bond donors (Lipinski definition) is 1.